The Morgan fingerprint density at radius 2 is 2.14 bits per heavy atom. The Kier molecular flexibility index (Phi) is 5.88. The molecule has 0 radical (unpaired) electrons. The molecule has 3 N–H and O–H groups in total. The molecule has 1 aliphatic carbocycles. The molecular formula is C16H22BrClN2O2. The summed E-state index contributed by atoms with van der Waals surface area (Å²) < 4.78 is 6.51. The quantitative estimate of drug-likeness (QED) is 0.835. The van der Waals surface area contributed by atoms with Crippen LogP contribution in [0.25, 0.3) is 0 Å². The molecule has 122 valence electrons. The van der Waals surface area contributed by atoms with E-state index in [4.69, 9.17) is 10.5 Å². The van der Waals surface area contributed by atoms with Crippen LogP contribution < -0.4 is 11.1 Å². The molecule has 1 unspecified atom stereocenters. The van der Waals surface area contributed by atoms with Crippen molar-refractivity contribution in [3.8, 4) is 0 Å². The average molecular weight is 390 g/mol. The van der Waals surface area contributed by atoms with E-state index < -0.39 is 5.41 Å². The summed E-state index contributed by atoms with van der Waals surface area (Å²) in [6, 6.07) is 6.30. The highest BCUT2D eigenvalue weighted by atomic mass is 79.9. The highest BCUT2D eigenvalue weighted by molar-refractivity contribution is 9.10. The summed E-state index contributed by atoms with van der Waals surface area (Å²) >= 11 is 3.59. The molecule has 0 saturated carbocycles. The molecular weight excluding hydrogens is 368 g/mol. The van der Waals surface area contributed by atoms with Gasteiger partial charge in [0.2, 0.25) is 5.91 Å². The largest absolute Gasteiger partial charge is 0.381 e. The van der Waals surface area contributed by atoms with E-state index in [1.54, 1.807) is 0 Å². The van der Waals surface area contributed by atoms with Crippen LogP contribution >= 0.6 is 28.3 Å². The van der Waals surface area contributed by atoms with Crippen LogP contribution in [0, 0.1) is 5.41 Å². The third-order valence-electron chi connectivity index (χ3n) is 4.84. The first-order valence-corrected chi connectivity index (χ1v) is 8.32. The maximum Gasteiger partial charge on any atom is 0.228 e. The van der Waals surface area contributed by atoms with Crippen molar-refractivity contribution in [1.82, 2.24) is 5.32 Å². The summed E-state index contributed by atoms with van der Waals surface area (Å²) in [5.74, 6) is 0.0890. The summed E-state index contributed by atoms with van der Waals surface area (Å²) in [5.41, 5.74) is 8.01. The van der Waals surface area contributed by atoms with Crippen molar-refractivity contribution in [3.05, 3.63) is 33.8 Å². The summed E-state index contributed by atoms with van der Waals surface area (Å²) in [4.78, 5) is 12.7. The maximum absolute atomic E-state index is 12.7. The van der Waals surface area contributed by atoms with Gasteiger partial charge in [-0.2, -0.15) is 0 Å². The summed E-state index contributed by atoms with van der Waals surface area (Å²) in [7, 11) is 0. The first-order chi connectivity index (χ1) is 10.2. The predicted molar refractivity (Wildman–Crippen MR) is 92.1 cm³/mol. The molecule has 1 amide bonds. The zero-order valence-corrected chi connectivity index (χ0v) is 14.8. The average Bonchev–Trinajstić information content (AvgIpc) is 2.92. The van der Waals surface area contributed by atoms with E-state index >= 15 is 0 Å². The molecule has 1 fully saturated rings. The molecule has 1 heterocycles. The van der Waals surface area contributed by atoms with E-state index in [2.05, 4.69) is 33.4 Å². The van der Waals surface area contributed by atoms with Gasteiger partial charge in [-0.25, -0.2) is 0 Å². The maximum atomic E-state index is 12.7. The van der Waals surface area contributed by atoms with Crippen molar-refractivity contribution < 1.29 is 9.53 Å². The third kappa shape index (κ3) is 3.18. The molecule has 6 heteroatoms. The Balaban J connectivity index is 0.00000176. The van der Waals surface area contributed by atoms with Gasteiger partial charge in [-0.3, -0.25) is 4.79 Å². The van der Waals surface area contributed by atoms with E-state index in [-0.39, 0.29) is 24.4 Å². The Morgan fingerprint density at radius 3 is 2.82 bits per heavy atom. The number of halogens is 2. The number of carbonyl (C=O) groups is 1. The second-order valence-electron chi connectivity index (χ2n) is 5.97. The molecule has 2 aliphatic rings. The lowest BCUT2D eigenvalue weighted by molar-refractivity contribution is -0.136. The van der Waals surface area contributed by atoms with Gasteiger partial charge in [-0.05, 0) is 42.9 Å². The van der Waals surface area contributed by atoms with Crippen LogP contribution in [0.3, 0.4) is 0 Å². The zero-order chi connectivity index (χ0) is 14.9. The van der Waals surface area contributed by atoms with Crippen LogP contribution in [0.2, 0.25) is 0 Å². The lowest BCUT2D eigenvalue weighted by Gasteiger charge is -2.35. The van der Waals surface area contributed by atoms with E-state index in [1.165, 1.54) is 11.1 Å². The van der Waals surface area contributed by atoms with Gasteiger partial charge in [-0.15, -0.1) is 12.4 Å². The number of carbonyl (C=O) groups excluding carboxylic acids is 1. The van der Waals surface area contributed by atoms with Crippen molar-refractivity contribution >= 4 is 34.2 Å². The van der Waals surface area contributed by atoms with E-state index in [1.807, 2.05) is 6.07 Å². The predicted octanol–water partition coefficient (Wildman–Crippen LogP) is 2.73. The van der Waals surface area contributed by atoms with E-state index in [0.717, 1.165) is 17.3 Å². The number of hydrogen-bond acceptors (Lipinski definition) is 3. The minimum absolute atomic E-state index is 0. The minimum Gasteiger partial charge on any atom is -0.381 e. The summed E-state index contributed by atoms with van der Waals surface area (Å²) in [6.45, 7) is 1.63. The van der Waals surface area contributed by atoms with Crippen molar-refractivity contribution in [3.63, 3.8) is 0 Å². The smallest absolute Gasteiger partial charge is 0.228 e. The van der Waals surface area contributed by atoms with Crippen molar-refractivity contribution in [2.24, 2.45) is 11.1 Å². The lowest BCUT2D eigenvalue weighted by Crippen LogP contribution is -2.49. The van der Waals surface area contributed by atoms with Gasteiger partial charge >= 0.3 is 0 Å². The first kappa shape index (κ1) is 17.7. The monoisotopic (exact) mass is 388 g/mol. The van der Waals surface area contributed by atoms with Gasteiger partial charge in [0.25, 0.3) is 0 Å². The molecule has 1 aromatic carbocycles. The lowest BCUT2D eigenvalue weighted by atomic mass is 9.79. The standard InChI is InChI=1S/C16H21BrN2O2.ClH/c17-13-3-1-2-12-11(13)4-5-14(12)19-15(20)16(10-18)6-8-21-9-7-16;/h1-3,14H,4-10,18H2,(H,19,20);1H. The number of nitrogens with one attached hydrogen (secondary N) is 1. The van der Waals surface area contributed by atoms with Gasteiger partial charge in [0.1, 0.15) is 0 Å². The second kappa shape index (κ2) is 7.30. The van der Waals surface area contributed by atoms with Crippen molar-refractivity contribution in [1.29, 1.82) is 0 Å². The minimum atomic E-state index is -0.451. The molecule has 1 aromatic rings. The normalized spacial score (nSPS) is 22.5. The third-order valence-corrected chi connectivity index (χ3v) is 5.58. The molecule has 3 rings (SSSR count). The fraction of sp³-hybridized carbons (Fsp3) is 0.562. The Bertz CT molecular complexity index is 547. The number of fused-ring (bicyclic) bond motifs is 1. The molecule has 1 aliphatic heterocycles. The van der Waals surface area contributed by atoms with Gasteiger partial charge in [0.15, 0.2) is 0 Å². The van der Waals surface area contributed by atoms with Gasteiger partial charge in [-0.1, -0.05) is 28.1 Å². The second-order valence-corrected chi connectivity index (χ2v) is 6.82. The van der Waals surface area contributed by atoms with Gasteiger partial charge in [0.05, 0.1) is 11.5 Å². The number of nitrogens with two attached hydrogens (primary N) is 1. The molecule has 1 saturated heterocycles. The van der Waals surface area contributed by atoms with Crippen molar-refractivity contribution in [2.45, 2.75) is 31.7 Å². The fourth-order valence-electron chi connectivity index (χ4n) is 3.36. The SMILES string of the molecule is Cl.NCC1(C(=O)NC2CCc3c(Br)cccc32)CCOCC1. The molecule has 0 bridgehead atoms. The van der Waals surface area contributed by atoms with Crippen molar-refractivity contribution in [2.75, 3.05) is 19.8 Å². The molecule has 0 spiro atoms. The van der Waals surface area contributed by atoms with Crippen LogP contribution in [-0.4, -0.2) is 25.7 Å². The van der Waals surface area contributed by atoms with E-state index in [9.17, 15) is 4.79 Å². The number of amides is 1. The van der Waals surface area contributed by atoms with Crippen LogP contribution in [0.1, 0.15) is 36.4 Å². The number of rotatable bonds is 3. The molecule has 22 heavy (non-hydrogen) atoms. The Morgan fingerprint density at radius 1 is 1.41 bits per heavy atom. The highest BCUT2D eigenvalue weighted by Crippen LogP contribution is 2.37. The van der Waals surface area contributed by atoms with Crippen LogP contribution in [-0.2, 0) is 16.0 Å². The molecule has 4 nitrogen and oxygen atoms in total. The molecule has 0 aromatic heterocycles. The first-order valence-electron chi connectivity index (χ1n) is 7.52. The zero-order valence-electron chi connectivity index (χ0n) is 12.4. The number of benzene rings is 1. The highest BCUT2D eigenvalue weighted by Gasteiger charge is 2.40. The topological polar surface area (TPSA) is 64.4 Å². The Labute approximate surface area is 145 Å². The summed E-state index contributed by atoms with van der Waals surface area (Å²) in [5, 5.41) is 3.23. The molecule has 1 atom stereocenters. The number of hydrogen-bond donors (Lipinski definition) is 2. The van der Waals surface area contributed by atoms with Crippen LogP contribution in [0.5, 0.6) is 0 Å². The van der Waals surface area contributed by atoms with Gasteiger partial charge < -0.3 is 15.8 Å². The van der Waals surface area contributed by atoms with Crippen LogP contribution in [0.15, 0.2) is 22.7 Å². The van der Waals surface area contributed by atoms with Crippen LogP contribution in [0.4, 0.5) is 0 Å². The van der Waals surface area contributed by atoms with Gasteiger partial charge in [0, 0.05) is 24.2 Å². The summed E-state index contributed by atoms with van der Waals surface area (Å²) in [6.07, 6.45) is 3.39. The number of ether oxygens (including phenoxy) is 1. The van der Waals surface area contributed by atoms with E-state index in [0.29, 0.717) is 32.6 Å². The fourth-order valence-corrected chi connectivity index (χ4v) is 3.94. The Hall–Kier alpha value is -0.620.